The van der Waals surface area contributed by atoms with E-state index in [2.05, 4.69) is 4.90 Å². The van der Waals surface area contributed by atoms with Crippen molar-refractivity contribution >= 4 is 0 Å². The number of β-amino-alcohol motifs (C(OH)–C–C–N with tert-alkyl or cyclic N) is 1. The molecule has 0 saturated carbocycles. The molecule has 96 valence electrons. The van der Waals surface area contributed by atoms with Gasteiger partial charge in [0.25, 0.3) is 0 Å². The molecule has 3 unspecified atom stereocenters. The van der Waals surface area contributed by atoms with E-state index in [0.717, 1.165) is 19.4 Å². The minimum Gasteiger partial charge on any atom is -0.389 e. The summed E-state index contributed by atoms with van der Waals surface area (Å²) in [7, 11) is 3.34. The number of aliphatic hydroxyl groups is 1. The van der Waals surface area contributed by atoms with Crippen LogP contribution in [-0.4, -0.2) is 68.7 Å². The Labute approximate surface area is 97.5 Å². The highest BCUT2D eigenvalue weighted by Gasteiger charge is 2.28. The van der Waals surface area contributed by atoms with Gasteiger partial charge in [-0.3, -0.25) is 4.90 Å². The van der Waals surface area contributed by atoms with Crippen LogP contribution in [-0.2, 0) is 9.47 Å². The number of rotatable bonds is 6. The van der Waals surface area contributed by atoms with Gasteiger partial charge >= 0.3 is 0 Å². The largest absolute Gasteiger partial charge is 0.389 e. The fourth-order valence-electron chi connectivity index (χ4n) is 2.28. The summed E-state index contributed by atoms with van der Waals surface area (Å²) in [5, 5.41) is 9.70. The average Bonchev–Trinajstić information content (AvgIpc) is 2.30. The quantitative estimate of drug-likeness (QED) is 0.642. The van der Waals surface area contributed by atoms with Gasteiger partial charge in [0, 0.05) is 39.9 Å². The molecule has 1 rings (SSSR count). The van der Waals surface area contributed by atoms with E-state index < -0.39 is 6.10 Å². The van der Waals surface area contributed by atoms with Gasteiger partial charge in [-0.15, -0.1) is 0 Å². The second-order valence-corrected chi connectivity index (χ2v) is 4.38. The van der Waals surface area contributed by atoms with Crippen molar-refractivity contribution < 1.29 is 14.6 Å². The number of aliphatic hydroxyl groups excluding tert-OH is 1. The molecule has 1 heterocycles. The molecule has 5 nitrogen and oxygen atoms in total. The minimum atomic E-state index is -0.432. The summed E-state index contributed by atoms with van der Waals surface area (Å²) in [5.74, 6) is 0. The molecular weight excluding hydrogens is 208 g/mol. The smallest absolute Gasteiger partial charge is 0.0900 e. The number of likely N-dealkylation sites (tertiary alicyclic amines) is 1. The molecule has 0 radical (unpaired) electrons. The van der Waals surface area contributed by atoms with Crippen LogP contribution >= 0.6 is 0 Å². The first-order chi connectivity index (χ1) is 7.71. The summed E-state index contributed by atoms with van der Waals surface area (Å²) in [6.45, 7) is 2.55. The highest BCUT2D eigenvalue weighted by atomic mass is 16.5. The Morgan fingerprint density at radius 1 is 1.50 bits per heavy atom. The molecule has 1 aliphatic rings. The van der Waals surface area contributed by atoms with Gasteiger partial charge in [0.15, 0.2) is 0 Å². The number of ether oxygens (including phenoxy) is 2. The zero-order chi connectivity index (χ0) is 12.0. The molecule has 1 fully saturated rings. The molecule has 3 N–H and O–H groups in total. The Hall–Kier alpha value is -0.200. The fraction of sp³-hybridized carbons (Fsp3) is 1.00. The molecule has 0 bridgehead atoms. The summed E-state index contributed by atoms with van der Waals surface area (Å²) in [6, 6.07) is 0.310. The van der Waals surface area contributed by atoms with Crippen molar-refractivity contribution in [3.05, 3.63) is 0 Å². The lowest BCUT2D eigenvalue weighted by Crippen LogP contribution is -2.51. The van der Waals surface area contributed by atoms with Crippen molar-refractivity contribution in [3.8, 4) is 0 Å². The fourth-order valence-corrected chi connectivity index (χ4v) is 2.28. The van der Waals surface area contributed by atoms with Crippen LogP contribution in [0.5, 0.6) is 0 Å². The zero-order valence-electron chi connectivity index (χ0n) is 10.3. The first-order valence-electron chi connectivity index (χ1n) is 5.85. The van der Waals surface area contributed by atoms with Crippen LogP contribution in [0.1, 0.15) is 12.8 Å². The first-order valence-corrected chi connectivity index (χ1v) is 5.85. The lowest BCUT2D eigenvalue weighted by molar-refractivity contribution is -0.0183. The van der Waals surface area contributed by atoms with E-state index in [1.54, 1.807) is 14.2 Å². The first kappa shape index (κ1) is 13.9. The molecule has 0 aromatic carbocycles. The van der Waals surface area contributed by atoms with Gasteiger partial charge in [0.1, 0.15) is 0 Å². The van der Waals surface area contributed by atoms with Crippen LogP contribution < -0.4 is 5.73 Å². The third kappa shape index (κ3) is 3.99. The van der Waals surface area contributed by atoms with Gasteiger partial charge in [-0.25, -0.2) is 0 Å². The highest BCUT2D eigenvalue weighted by Crippen LogP contribution is 2.19. The molecule has 1 aliphatic heterocycles. The molecule has 0 amide bonds. The molecular formula is C11H24N2O3. The van der Waals surface area contributed by atoms with Crippen molar-refractivity contribution in [2.24, 2.45) is 5.73 Å². The van der Waals surface area contributed by atoms with Crippen molar-refractivity contribution in [3.63, 3.8) is 0 Å². The lowest BCUT2D eigenvalue weighted by atomic mass is 9.99. The maximum absolute atomic E-state index is 9.70. The number of hydrogen-bond donors (Lipinski definition) is 2. The maximum Gasteiger partial charge on any atom is 0.0900 e. The van der Waals surface area contributed by atoms with Crippen molar-refractivity contribution in [1.82, 2.24) is 4.90 Å². The Balaban J connectivity index is 2.40. The van der Waals surface area contributed by atoms with E-state index in [4.69, 9.17) is 15.2 Å². The zero-order valence-corrected chi connectivity index (χ0v) is 10.3. The third-order valence-corrected chi connectivity index (χ3v) is 3.20. The van der Waals surface area contributed by atoms with Crippen LogP contribution in [0.25, 0.3) is 0 Å². The normalized spacial score (nSPS) is 29.2. The molecule has 0 aliphatic carbocycles. The summed E-state index contributed by atoms with van der Waals surface area (Å²) >= 11 is 0. The lowest BCUT2D eigenvalue weighted by Gasteiger charge is -2.39. The molecule has 0 aromatic rings. The van der Waals surface area contributed by atoms with E-state index in [1.807, 2.05) is 0 Å². The predicted molar refractivity (Wildman–Crippen MR) is 62.3 cm³/mol. The number of nitrogens with two attached hydrogens (primary N) is 1. The summed E-state index contributed by atoms with van der Waals surface area (Å²) in [4.78, 5) is 2.24. The highest BCUT2D eigenvalue weighted by molar-refractivity contribution is 4.84. The standard InChI is InChI=1S/C11H24N2O3/c1-15-8-10(14)7-13-4-3-11(16-2)5-9(13)6-12/h9-11,14H,3-8,12H2,1-2H3. The molecule has 0 aromatic heterocycles. The number of methoxy groups -OCH3 is 2. The van der Waals surface area contributed by atoms with Crippen LogP contribution in [0.3, 0.4) is 0 Å². The van der Waals surface area contributed by atoms with Crippen LogP contribution in [0.2, 0.25) is 0 Å². The number of piperidine rings is 1. The number of nitrogens with zero attached hydrogens (tertiary/aromatic N) is 1. The Bertz CT molecular complexity index is 192. The van der Waals surface area contributed by atoms with Crippen molar-refractivity contribution in [1.29, 1.82) is 0 Å². The van der Waals surface area contributed by atoms with Gasteiger partial charge in [-0.1, -0.05) is 0 Å². The SMILES string of the molecule is COCC(O)CN1CCC(OC)CC1CN. The Kier molecular flexibility index (Phi) is 6.23. The predicted octanol–water partition coefficient (Wildman–Crippen LogP) is -0.568. The Morgan fingerprint density at radius 3 is 2.81 bits per heavy atom. The van der Waals surface area contributed by atoms with Gasteiger partial charge < -0.3 is 20.3 Å². The van der Waals surface area contributed by atoms with Crippen molar-refractivity contribution in [2.45, 2.75) is 31.1 Å². The molecule has 1 saturated heterocycles. The average molecular weight is 232 g/mol. The van der Waals surface area contributed by atoms with Gasteiger partial charge in [-0.2, -0.15) is 0 Å². The Morgan fingerprint density at radius 2 is 2.25 bits per heavy atom. The van der Waals surface area contributed by atoms with E-state index in [0.29, 0.717) is 31.8 Å². The molecule has 0 spiro atoms. The van der Waals surface area contributed by atoms with E-state index in [1.165, 1.54) is 0 Å². The van der Waals surface area contributed by atoms with Crippen molar-refractivity contribution in [2.75, 3.05) is 40.5 Å². The summed E-state index contributed by atoms with van der Waals surface area (Å²) < 4.78 is 10.3. The van der Waals surface area contributed by atoms with E-state index in [9.17, 15) is 5.11 Å². The minimum absolute atomic E-state index is 0.310. The summed E-state index contributed by atoms with van der Waals surface area (Å²) in [5.41, 5.74) is 5.75. The van der Waals surface area contributed by atoms with E-state index in [-0.39, 0.29) is 0 Å². The molecule has 3 atom stereocenters. The third-order valence-electron chi connectivity index (χ3n) is 3.20. The number of hydrogen-bond acceptors (Lipinski definition) is 5. The summed E-state index contributed by atoms with van der Waals surface area (Å²) in [6.07, 6.45) is 1.84. The maximum atomic E-state index is 9.70. The van der Waals surface area contributed by atoms with Crippen LogP contribution in [0, 0.1) is 0 Å². The molecule has 5 heteroatoms. The van der Waals surface area contributed by atoms with Gasteiger partial charge in [0.05, 0.1) is 18.8 Å². The monoisotopic (exact) mass is 232 g/mol. The van der Waals surface area contributed by atoms with Crippen LogP contribution in [0.4, 0.5) is 0 Å². The topological polar surface area (TPSA) is 68.0 Å². The second-order valence-electron chi connectivity index (χ2n) is 4.38. The van der Waals surface area contributed by atoms with E-state index >= 15 is 0 Å². The van der Waals surface area contributed by atoms with Gasteiger partial charge in [-0.05, 0) is 12.8 Å². The van der Waals surface area contributed by atoms with Crippen LogP contribution in [0.15, 0.2) is 0 Å². The molecule has 16 heavy (non-hydrogen) atoms. The van der Waals surface area contributed by atoms with Gasteiger partial charge in [0.2, 0.25) is 0 Å². The second kappa shape index (κ2) is 7.19.